The molecule has 1 saturated carbocycles. The van der Waals surface area contributed by atoms with Crippen molar-refractivity contribution in [3.8, 4) is 34.5 Å². The number of thioether (sulfide) groups is 1. The van der Waals surface area contributed by atoms with Crippen LogP contribution in [0.15, 0.2) is 89.1 Å². The topological polar surface area (TPSA) is 348 Å². The number of fused-ring (bicyclic) bond motifs is 5. The van der Waals surface area contributed by atoms with Crippen molar-refractivity contribution in [3.05, 3.63) is 101 Å². The number of carbonyl (C=O) groups excluding carboxylic acids is 8. The van der Waals surface area contributed by atoms with Gasteiger partial charge in [-0.3, -0.25) is 53.2 Å². The fourth-order valence-corrected chi connectivity index (χ4v) is 18.6. The second-order valence-corrected chi connectivity index (χ2v) is 34.9. The Balaban J connectivity index is 0.467. The van der Waals surface area contributed by atoms with E-state index in [1.165, 1.54) is 109 Å². The van der Waals surface area contributed by atoms with Gasteiger partial charge in [0.15, 0.2) is 34.5 Å². The zero-order valence-electron chi connectivity index (χ0n) is 75.7. The number of hydrogen-bond donors (Lipinski definition) is 4. The molecule has 700 valence electrons. The van der Waals surface area contributed by atoms with E-state index in [1.54, 1.807) is 91.2 Å². The van der Waals surface area contributed by atoms with E-state index in [4.69, 9.17) is 76.3 Å². The van der Waals surface area contributed by atoms with Gasteiger partial charge >= 0.3 is 0 Å². The molecule has 31 nitrogen and oxygen atoms in total. The van der Waals surface area contributed by atoms with Crippen LogP contribution in [0.5, 0.6) is 34.5 Å². The van der Waals surface area contributed by atoms with Crippen molar-refractivity contribution in [2.24, 2.45) is 21.8 Å². The van der Waals surface area contributed by atoms with Crippen molar-refractivity contribution in [2.45, 2.75) is 210 Å². The van der Waals surface area contributed by atoms with Crippen molar-refractivity contribution in [3.63, 3.8) is 0 Å². The quantitative estimate of drug-likeness (QED) is 0.0236. The van der Waals surface area contributed by atoms with Gasteiger partial charge in [-0.25, -0.2) is 0 Å². The Morgan fingerprint density at radius 1 is 0.508 bits per heavy atom. The number of carbonyl (C=O) groups is 8. The minimum Gasteiger partial charge on any atom is -0.493 e. The number of ether oxygens (including phenoxy) is 14. The zero-order valence-corrected chi connectivity index (χ0v) is 76.5. The lowest BCUT2D eigenvalue weighted by Gasteiger charge is -2.41. The molecule has 2 fully saturated rings. The Morgan fingerprint density at radius 3 is 1.47 bits per heavy atom. The predicted octanol–water partition coefficient (Wildman–Crippen LogP) is 13.3. The number of nitrogens with zero attached hydrogens (tertiary/aromatic N) is 5. The van der Waals surface area contributed by atoms with E-state index in [-0.39, 0.29) is 117 Å². The second-order valence-electron chi connectivity index (χ2n) is 33.3. The Hall–Kier alpha value is -9.51. The molecule has 4 aromatic carbocycles. The van der Waals surface area contributed by atoms with Crippen molar-refractivity contribution >= 4 is 99.7 Å². The molecule has 7 aliphatic rings. The van der Waals surface area contributed by atoms with Crippen LogP contribution in [0.4, 0.5) is 17.1 Å². The number of amides is 8. The Morgan fingerprint density at radius 2 is 0.977 bits per heavy atom. The van der Waals surface area contributed by atoms with Crippen LogP contribution in [0, 0.1) is 11.8 Å². The summed E-state index contributed by atoms with van der Waals surface area (Å²) < 4.78 is 79.6. The van der Waals surface area contributed by atoms with Crippen LogP contribution in [0.1, 0.15) is 208 Å². The maximum absolute atomic E-state index is 14.2. The Labute approximate surface area is 757 Å². The van der Waals surface area contributed by atoms with Gasteiger partial charge in [0.1, 0.15) is 12.1 Å². The average molecular weight is 1800 g/mol. The summed E-state index contributed by atoms with van der Waals surface area (Å²) in [4.78, 5) is 122. The molecule has 0 radical (unpaired) electrons. The van der Waals surface area contributed by atoms with Gasteiger partial charge in [-0.05, 0) is 103 Å². The fourth-order valence-electron chi connectivity index (χ4n) is 16.8. The molecule has 4 aromatic rings. The molecular weight excluding hydrogens is 1660 g/mol. The van der Waals surface area contributed by atoms with E-state index in [1.807, 2.05) is 42.7 Å². The molecule has 1 saturated heterocycles. The molecule has 128 heavy (non-hydrogen) atoms. The van der Waals surface area contributed by atoms with Crippen molar-refractivity contribution in [1.29, 1.82) is 0 Å². The molecule has 5 atom stereocenters. The number of benzene rings is 4. The van der Waals surface area contributed by atoms with Gasteiger partial charge in [-0.2, -0.15) is 0 Å². The molecule has 0 aromatic heterocycles. The lowest BCUT2D eigenvalue weighted by atomic mass is 9.79. The average Bonchev–Trinajstić information content (AvgIpc) is 1.58. The lowest BCUT2D eigenvalue weighted by Crippen LogP contribution is -2.53. The van der Waals surface area contributed by atoms with Gasteiger partial charge in [-0.15, -0.1) is 11.8 Å². The van der Waals surface area contributed by atoms with Crippen molar-refractivity contribution < 1.29 is 105 Å². The van der Waals surface area contributed by atoms with E-state index in [2.05, 4.69) is 35.1 Å². The third kappa shape index (κ3) is 29.2. The van der Waals surface area contributed by atoms with Crippen LogP contribution in [-0.4, -0.2) is 262 Å². The zero-order chi connectivity index (χ0) is 90.4. The van der Waals surface area contributed by atoms with Gasteiger partial charge in [0, 0.05) is 99.0 Å². The Kier molecular flexibility index (Phi) is 40.5. The van der Waals surface area contributed by atoms with E-state index in [9.17, 15) is 38.4 Å². The molecule has 4 N–H and O–H groups in total. The number of hydrogen-bond acceptors (Lipinski definition) is 25. The predicted molar refractivity (Wildman–Crippen MR) is 488 cm³/mol. The summed E-state index contributed by atoms with van der Waals surface area (Å²) in [5.41, 5.74) is 5.77. The van der Waals surface area contributed by atoms with Crippen LogP contribution < -0.4 is 49.7 Å². The monoisotopic (exact) mass is 1800 g/mol. The fraction of sp³-hybridized carbons (Fsp3) is 0.604. The van der Waals surface area contributed by atoms with Gasteiger partial charge in [0.05, 0.1) is 173 Å². The molecule has 0 bridgehead atoms. The highest BCUT2D eigenvalue weighted by Gasteiger charge is 2.46. The van der Waals surface area contributed by atoms with Crippen molar-refractivity contribution in [2.75, 3.05) is 158 Å². The summed E-state index contributed by atoms with van der Waals surface area (Å²) in [5, 5.41) is 10.8. The van der Waals surface area contributed by atoms with E-state index < -0.39 is 29.1 Å². The first-order valence-corrected chi connectivity index (χ1v) is 46.9. The maximum Gasteiger partial charge on any atom is 0.260 e. The molecule has 6 aliphatic heterocycles. The maximum atomic E-state index is 14.2. The molecule has 6 heterocycles. The van der Waals surface area contributed by atoms with E-state index in [0.29, 0.717) is 187 Å². The van der Waals surface area contributed by atoms with Crippen LogP contribution in [0.2, 0.25) is 0 Å². The van der Waals surface area contributed by atoms with Crippen molar-refractivity contribution in [1.82, 2.24) is 30.7 Å². The van der Waals surface area contributed by atoms with Crippen LogP contribution in [-0.2, 0) is 66.7 Å². The van der Waals surface area contributed by atoms with Crippen LogP contribution in [0.3, 0.4) is 0 Å². The Bertz CT molecular complexity index is 4410. The first kappa shape index (κ1) is 99.1. The molecule has 0 spiro atoms. The van der Waals surface area contributed by atoms with Gasteiger partial charge in [0.2, 0.25) is 42.2 Å². The minimum absolute atomic E-state index is 0.0108. The van der Waals surface area contributed by atoms with Gasteiger partial charge in [0.25, 0.3) is 11.8 Å². The summed E-state index contributed by atoms with van der Waals surface area (Å²) in [6, 6.07) is 17.2. The largest absolute Gasteiger partial charge is 0.493 e. The molecule has 8 amide bonds. The van der Waals surface area contributed by atoms with Gasteiger partial charge in [-0.1, -0.05) is 123 Å². The number of imide groups is 1. The molecule has 32 heteroatoms. The molecular formula is C96H133N9O22S. The standard InChI is InChI=1S/C96H133N9O22S/c1-8-96(9-2,72-23-20-18-16-14-12-10-11-13-15-17-19-21-24-72)128-86-60-89(108)103(95(86)113)34-31-87(106)97-33-38-117-40-42-119-44-46-121-48-50-123-52-51-122-49-47-120-45-43-118-41-39-116-37-32-88(107)102-90(66(3)4)92(110)100-67(5)91(109)101-73-28-25-68(26-29-73)70-53-74-61-98-78-58-84(81(114-6)56-76(78)93(111)104(74)63-70)124-35-22-36-125-85-59-79-77(57-82(85)115-7)94(112)105-64-71(54-75(105)62-99-79)69-27-30-80-83(55-69)127-65-126-80/h25-30,55-59,61-64,66-67,72,74-75,86,90H,8-24,31-54,60,65H2,1-7H3,(H,97,106)(H,100,110)(H,101,109)(H,102,107)/t67-,74?,75?,86?,90-/m0/s1. The molecule has 3 unspecified atom stereocenters. The van der Waals surface area contributed by atoms with E-state index in [0.717, 1.165) is 35.1 Å². The van der Waals surface area contributed by atoms with E-state index >= 15 is 0 Å². The van der Waals surface area contributed by atoms with Crippen LogP contribution >= 0.6 is 11.8 Å². The number of methoxy groups -OCH3 is 2. The summed E-state index contributed by atoms with van der Waals surface area (Å²) >= 11 is 1.76. The summed E-state index contributed by atoms with van der Waals surface area (Å²) in [7, 11) is 3.02. The lowest BCUT2D eigenvalue weighted by molar-refractivity contribution is -0.138. The van der Waals surface area contributed by atoms with Gasteiger partial charge < -0.3 is 97.4 Å². The highest BCUT2D eigenvalue weighted by Crippen LogP contribution is 2.50. The second kappa shape index (κ2) is 52.4. The molecule has 1 aliphatic carbocycles. The highest BCUT2D eigenvalue weighted by atomic mass is 32.2. The minimum atomic E-state index is -0.947. The smallest absolute Gasteiger partial charge is 0.260 e. The normalized spacial score (nSPS) is 18.3. The summed E-state index contributed by atoms with van der Waals surface area (Å²) in [6.45, 7) is 16.4. The number of anilines is 1. The number of nitrogens with one attached hydrogen (secondary N) is 4. The summed E-state index contributed by atoms with van der Waals surface area (Å²) in [6.07, 6.45) is 29.0. The highest BCUT2D eigenvalue weighted by molar-refractivity contribution is 8.02. The third-order valence-electron chi connectivity index (χ3n) is 24.1. The first-order chi connectivity index (χ1) is 62.4. The third-order valence-corrected chi connectivity index (χ3v) is 26.1. The summed E-state index contributed by atoms with van der Waals surface area (Å²) in [5.74, 6) is 0.812. The SMILES string of the molecule is CCC(CC)(SC1CC(=O)N(CCC(=O)NCCOCCOCCOCCOCCOCCOCCOCCOCCC(=O)N[C@H](C(=O)N[C@@H](C)C(=O)Nc2ccc(C3=CN4C(=O)c5cc(OC)c(OCCCOc6cc7c(cc6OC)C(=O)N6C=C(c8ccc9c(c8)OCO9)CC6C=N7)cc5N=CC4C3)cc2)C(C)C)C1=O)C1CCCCCCCCCCCCCC1. The number of likely N-dealkylation sites (tertiary alicyclic amines) is 1. The number of aliphatic imine (C=N–C) groups is 2. The number of rotatable bonds is 51. The first-order valence-electron chi connectivity index (χ1n) is 46.0. The van der Waals surface area contributed by atoms with Crippen LogP contribution in [0.25, 0.3) is 11.1 Å². The molecule has 11 rings (SSSR count).